The third-order valence-electron chi connectivity index (χ3n) is 3.10. The second-order valence-electron chi connectivity index (χ2n) is 4.33. The largest absolute Gasteiger partial charge is 0.383 e. The highest BCUT2D eigenvalue weighted by molar-refractivity contribution is 9.09. The molecule has 1 fully saturated rings. The summed E-state index contributed by atoms with van der Waals surface area (Å²) in [6.07, 6.45) is 3.40. The van der Waals surface area contributed by atoms with Crippen molar-refractivity contribution in [2.45, 2.75) is 32.2 Å². The first kappa shape index (κ1) is 13.0. The number of alkyl halides is 1. The summed E-state index contributed by atoms with van der Waals surface area (Å²) in [7, 11) is 1.65. The summed E-state index contributed by atoms with van der Waals surface area (Å²) < 4.78 is 5.04. The minimum absolute atomic E-state index is 0.0929. The molecule has 0 radical (unpaired) electrons. The average molecular weight is 278 g/mol. The van der Waals surface area contributed by atoms with Crippen molar-refractivity contribution in [1.82, 2.24) is 5.32 Å². The van der Waals surface area contributed by atoms with Gasteiger partial charge >= 0.3 is 0 Å². The van der Waals surface area contributed by atoms with E-state index in [1.807, 2.05) is 0 Å². The SMILES string of the molecule is COCC(CBr)NC(=O)C1CCCC1C. The van der Waals surface area contributed by atoms with Crippen molar-refractivity contribution < 1.29 is 9.53 Å². The summed E-state index contributed by atoms with van der Waals surface area (Å²) in [6, 6.07) is 0.0929. The number of carbonyl (C=O) groups is 1. The highest BCUT2D eigenvalue weighted by Gasteiger charge is 2.30. The molecule has 0 aromatic heterocycles. The van der Waals surface area contributed by atoms with Gasteiger partial charge in [-0.15, -0.1) is 0 Å². The van der Waals surface area contributed by atoms with Gasteiger partial charge in [0.25, 0.3) is 0 Å². The van der Waals surface area contributed by atoms with Crippen LogP contribution in [-0.2, 0) is 9.53 Å². The zero-order chi connectivity index (χ0) is 11.3. The van der Waals surface area contributed by atoms with Crippen molar-refractivity contribution in [3.05, 3.63) is 0 Å². The van der Waals surface area contributed by atoms with E-state index >= 15 is 0 Å². The number of methoxy groups -OCH3 is 1. The lowest BCUT2D eigenvalue weighted by molar-refractivity contribution is -0.126. The number of amides is 1. The molecular weight excluding hydrogens is 258 g/mol. The Labute approximate surface area is 100 Å². The van der Waals surface area contributed by atoms with Gasteiger partial charge in [-0.2, -0.15) is 0 Å². The van der Waals surface area contributed by atoms with Crippen LogP contribution in [-0.4, -0.2) is 31.0 Å². The molecule has 1 rings (SSSR count). The van der Waals surface area contributed by atoms with Crippen LogP contribution in [0.4, 0.5) is 0 Å². The first-order chi connectivity index (χ1) is 7.19. The third kappa shape index (κ3) is 3.76. The number of nitrogens with one attached hydrogen (secondary N) is 1. The first-order valence-electron chi connectivity index (χ1n) is 5.54. The van der Waals surface area contributed by atoms with E-state index in [0.29, 0.717) is 12.5 Å². The Kier molecular flexibility index (Phi) is 5.61. The highest BCUT2D eigenvalue weighted by atomic mass is 79.9. The molecule has 1 N–H and O–H groups in total. The van der Waals surface area contributed by atoms with Crippen LogP contribution in [0.25, 0.3) is 0 Å². The van der Waals surface area contributed by atoms with Crippen molar-refractivity contribution in [2.24, 2.45) is 11.8 Å². The van der Waals surface area contributed by atoms with E-state index in [-0.39, 0.29) is 17.9 Å². The maximum Gasteiger partial charge on any atom is 0.223 e. The molecule has 1 aliphatic carbocycles. The van der Waals surface area contributed by atoms with Crippen LogP contribution in [0.15, 0.2) is 0 Å². The van der Waals surface area contributed by atoms with E-state index in [1.165, 1.54) is 12.8 Å². The molecule has 0 heterocycles. The van der Waals surface area contributed by atoms with Crippen LogP contribution in [0.5, 0.6) is 0 Å². The molecule has 4 heteroatoms. The summed E-state index contributed by atoms with van der Waals surface area (Å²) >= 11 is 3.37. The van der Waals surface area contributed by atoms with Gasteiger partial charge in [-0.25, -0.2) is 0 Å². The quantitative estimate of drug-likeness (QED) is 0.781. The fourth-order valence-corrected chi connectivity index (χ4v) is 2.52. The van der Waals surface area contributed by atoms with Crippen LogP contribution >= 0.6 is 15.9 Å². The van der Waals surface area contributed by atoms with E-state index in [9.17, 15) is 4.79 Å². The number of rotatable bonds is 5. The molecule has 3 nitrogen and oxygen atoms in total. The summed E-state index contributed by atoms with van der Waals surface area (Å²) in [6.45, 7) is 2.73. The molecule has 3 unspecified atom stereocenters. The van der Waals surface area contributed by atoms with Gasteiger partial charge in [-0.05, 0) is 18.8 Å². The smallest absolute Gasteiger partial charge is 0.223 e. The average Bonchev–Trinajstić information content (AvgIpc) is 2.63. The molecule has 88 valence electrons. The molecule has 1 aliphatic rings. The first-order valence-corrected chi connectivity index (χ1v) is 6.66. The molecule has 3 atom stereocenters. The number of hydrogen-bond donors (Lipinski definition) is 1. The highest BCUT2D eigenvalue weighted by Crippen LogP contribution is 2.31. The van der Waals surface area contributed by atoms with Gasteiger partial charge in [-0.3, -0.25) is 4.79 Å². The Morgan fingerprint density at radius 2 is 2.33 bits per heavy atom. The van der Waals surface area contributed by atoms with Gasteiger partial charge in [0.05, 0.1) is 12.6 Å². The minimum atomic E-state index is 0.0929. The number of hydrogen-bond acceptors (Lipinski definition) is 2. The van der Waals surface area contributed by atoms with Crippen LogP contribution in [0, 0.1) is 11.8 Å². The summed E-state index contributed by atoms with van der Waals surface area (Å²) in [5.74, 6) is 0.938. The fourth-order valence-electron chi connectivity index (χ4n) is 2.17. The maximum atomic E-state index is 11.9. The molecule has 0 bridgehead atoms. The molecule has 15 heavy (non-hydrogen) atoms. The standard InChI is InChI=1S/C11H20BrNO2/c1-8-4-3-5-10(8)11(14)13-9(6-12)7-15-2/h8-10H,3-7H2,1-2H3,(H,13,14). The van der Waals surface area contributed by atoms with Crippen LogP contribution in [0.1, 0.15) is 26.2 Å². The van der Waals surface area contributed by atoms with E-state index in [1.54, 1.807) is 7.11 Å². The van der Waals surface area contributed by atoms with Gasteiger partial charge in [-0.1, -0.05) is 29.3 Å². The molecule has 0 aromatic carbocycles. The van der Waals surface area contributed by atoms with E-state index < -0.39 is 0 Å². The van der Waals surface area contributed by atoms with E-state index in [0.717, 1.165) is 11.8 Å². The Morgan fingerprint density at radius 3 is 2.80 bits per heavy atom. The summed E-state index contributed by atoms with van der Waals surface area (Å²) in [4.78, 5) is 11.9. The molecular formula is C11H20BrNO2. The molecule has 0 saturated heterocycles. The van der Waals surface area contributed by atoms with Crippen molar-refractivity contribution in [2.75, 3.05) is 19.0 Å². The predicted octanol–water partition coefficient (Wildman–Crippen LogP) is 1.95. The third-order valence-corrected chi connectivity index (χ3v) is 3.88. The van der Waals surface area contributed by atoms with E-state index in [4.69, 9.17) is 4.74 Å². The predicted molar refractivity (Wildman–Crippen MR) is 64.1 cm³/mol. The second-order valence-corrected chi connectivity index (χ2v) is 4.98. The molecule has 0 spiro atoms. The van der Waals surface area contributed by atoms with Crippen molar-refractivity contribution >= 4 is 21.8 Å². The van der Waals surface area contributed by atoms with Crippen molar-refractivity contribution in [3.63, 3.8) is 0 Å². The van der Waals surface area contributed by atoms with Crippen LogP contribution in [0.2, 0.25) is 0 Å². The normalized spacial score (nSPS) is 27.7. The monoisotopic (exact) mass is 277 g/mol. The number of ether oxygens (including phenoxy) is 1. The molecule has 1 amide bonds. The zero-order valence-corrected chi connectivity index (χ0v) is 11.0. The zero-order valence-electron chi connectivity index (χ0n) is 9.46. The molecule has 0 aliphatic heterocycles. The van der Waals surface area contributed by atoms with Gasteiger partial charge in [0, 0.05) is 18.4 Å². The lowest BCUT2D eigenvalue weighted by Crippen LogP contribution is -2.43. The lowest BCUT2D eigenvalue weighted by Gasteiger charge is -2.20. The summed E-state index contributed by atoms with van der Waals surface area (Å²) in [5, 5.41) is 3.77. The van der Waals surface area contributed by atoms with Gasteiger partial charge in [0.15, 0.2) is 0 Å². The molecule has 1 saturated carbocycles. The number of halogens is 1. The Morgan fingerprint density at radius 1 is 1.60 bits per heavy atom. The summed E-state index contributed by atoms with van der Waals surface area (Å²) in [5.41, 5.74) is 0. The molecule has 0 aromatic rings. The topological polar surface area (TPSA) is 38.3 Å². The fraction of sp³-hybridized carbons (Fsp3) is 0.909. The van der Waals surface area contributed by atoms with Crippen molar-refractivity contribution in [3.8, 4) is 0 Å². The lowest BCUT2D eigenvalue weighted by atomic mass is 9.97. The Bertz CT molecular complexity index is 211. The van der Waals surface area contributed by atoms with Gasteiger partial charge < -0.3 is 10.1 Å². The Hall–Kier alpha value is -0.0900. The van der Waals surface area contributed by atoms with Crippen molar-refractivity contribution in [1.29, 1.82) is 0 Å². The maximum absolute atomic E-state index is 11.9. The van der Waals surface area contributed by atoms with Gasteiger partial charge in [0.1, 0.15) is 0 Å². The van der Waals surface area contributed by atoms with Crippen LogP contribution < -0.4 is 5.32 Å². The number of carbonyl (C=O) groups excluding carboxylic acids is 1. The minimum Gasteiger partial charge on any atom is -0.383 e. The van der Waals surface area contributed by atoms with Crippen LogP contribution in [0.3, 0.4) is 0 Å². The Balaban J connectivity index is 2.39. The van der Waals surface area contributed by atoms with Gasteiger partial charge in [0.2, 0.25) is 5.91 Å². The second kappa shape index (κ2) is 6.48. The van der Waals surface area contributed by atoms with E-state index in [2.05, 4.69) is 28.2 Å².